The monoisotopic (exact) mass is 243 g/mol. The van der Waals surface area contributed by atoms with Crippen LogP contribution in [0.1, 0.15) is 39.5 Å². The standard InChI is InChI=1S/C13H25NO3/c1-10(13(15)16-3)11(2)14-8-7-12-6-4-5-9-17-12/h10-12,14H,4-9H2,1-3H3. The predicted molar refractivity (Wildman–Crippen MR) is 66.9 cm³/mol. The number of esters is 1. The second-order valence-electron chi connectivity index (χ2n) is 4.83. The fourth-order valence-electron chi connectivity index (χ4n) is 2.07. The Hall–Kier alpha value is -0.610. The van der Waals surface area contributed by atoms with Gasteiger partial charge in [0, 0.05) is 12.6 Å². The molecule has 3 atom stereocenters. The number of methoxy groups -OCH3 is 1. The highest BCUT2D eigenvalue weighted by molar-refractivity contribution is 5.72. The van der Waals surface area contributed by atoms with Crippen LogP contribution in [0.4, 0.5) is 0 Å². The lowest BCUT2D eigenvalue weighted by Crippen LogP contribution is -2.38. The molecule has 0 aliphatic carbocycles. The summed E-state index contributed by atoms with van der Waals surface area (Å²) in [5.74, 6) is -0.258. The number of nitrogens with one attached hydrogen (secondary N) is 1. The van der Waals surface area contributed by atoms with Crippen molar-refractivity contribution in [1.82, 2.24) is 5.32 Å². The van der Waals surface area contributed by atoms with Gasteiger partial charge in [-0.1, -0.05) is 6.92 Å². The normalized spacial score (nSPS) is 24.1. The Balaban J connectivity index is 2.14. The first-order chi connectivity index (χ1) is 8.15. The maximum absolute atomic E-state index is 11.3. The van der Waals surface area contributed by atoms with Gasteiger partial charge in [-0.05, 0) is 39.2 Å². The van der Waals surface area contributed by atoms with E-state index in [2.05, 4.69) is 5.32 Å². The first-order valence-electron chi connectivity index (χ1n) is 6.58. The van der Waals surface area contributed by atoms with Crippen LogP contribution >= 0.6 is 0 Å². The van der Waals surface area contributed by atoms with E-state index in [1.165, 1.54) is 26.4 Å². The van der Waals surface area contributed by atoms with E-state index < -0.39 is 0 Å². The highest BCUT2D eigenvalue weighted by Crippen LogP contribution is 2.15. The van der Waals surface area contributed by atoms with E-state index in [4.69, 9.17) is 9.47 Å². The molecular formula is C13H25NO3. The van der Waals surface area contributed by atoms with Crippen LogP contribution in [0.2, 0.25) is 0 Å². The number of carbonyl (C=O) groups is 1. The van der Waals surface area contributed by atoms with Gasteiger partial charge in [-0.3, -0.25) is 4.79 Å². The Morgan fingerprint density at radius 2 is 2.24 bits per heavy atom. The number of carbonyl (C=O) groups excluding carboxylic acids is 1. The molecule has 1 N–H and O–H groups in total. The van der Waals surface area contributed by atoms with Gasteiger partial charge in [0.1, 0.15) is 0 Å². The maximum atomic E-state index is 11.3. The van der Waals surface area contributed by atoms with Gasteiger partial charge in [-0.15, -0.1) is 0 Å². The van der Waals surface area contributed by atoms with Gasteiger partial charge in [-0.2, -0.15) is 0 Å². The molecule has 0 saturated carbocycles. The van der Waals surface area contributed by atoms with Crippen molar-refractivity contribution in [1.29, 1.82) is 0 Å². The minimum atomic E-state index is -0.154. The zero-order valence-corrected chi connectivity index (χ0v) is 11.2. The highest BCUT2D eigenvalue weighted by Gasteiger charge is 2.21. The van der Waals surface area contributed by atoms with Gasteiger partial charge in [0.15, 0.2) is 0 Å². The lowest BCUT2D eigenvalue weighted by molar-refractivity contribution is -0.145. The predicted octanol–water partition coefficient (Wildman–Crippen LogP) is 1.73. The summed E-state index contributed by atoms with van der Waals surface area (Å²) in [7, 11) is 1.43. The molecule has 0 aromatic heterocycles. The lowest BCUT2D eigenvalue weighted by Gasteiger charge is -2.24. The average Bonchev–Trinajstić information content (AvgIpc) is 2.38. The molecule has 0 spiro atoms. The van der Waals surface area contributed by atoms with E-state index in [9.17, 15) is 4.79 Å². The van der Waals surface area contributed by atoms with Gasteiger partial charge >= 0.3 is 5.97 Å². The Bertz CT molecular complexity index is 227. The lowest BCUT2D eigenvalue weighted by atomic mass is 10.0. The summed E-state index contributed by atoms with van der Waals surface area (Å²) >= 11 is 0. The van der Waals surface area contributed by atoms with E-state index in [0.717, 1.165) is 19.6 Å². The quantitative estimate of drug-likeness (QED) is 0.722. The minimum absolute atomic E-state index is 0.104. The van der Waals surface area contributed by atoms with E-state index in [1.807, 2.05) is 13.8 Å². The summed E-state index contributed by atoms with van der Waals surface area (Å²) in [4.78, 5) is 11.3. The van der Waals surface area contributed by atoms with Gasteiger partial charge in [0.2, 0.25) is 0 Å². The van der Waals surface area contributed by atoms with E-state index >= 15 is 0 Å². The Kier molecular flexibility index (Phi) is 6.52. The third-order valence-electron chi connectivity index (χ3n) is 3.53. The Morgan fingerprint density at radius 3 is 2.82 bits per heavy atom. The fraction of sp³-hybridized carbons (Fsp3) is 0.923. The van der Waals surface area contributed by atoms with E-state index in [1.54, 1.807) is 0 Å². The largest absolute Gasteiger partial charge is 0.469 e. The topological polar surface area (TPSA) is 47.6 Å². The van der Waals surface area contributed by atoms with Crippen LogP contribution in [0.3, 0.4) is 0 Å². The number of ether oxygens (including phenoxy) is 2. The van der Waals surface area contributed by atoms with E-state index in [0.29, 0.717) is 6.10 Å². The summed E-state index contributed by atoms with van der Waals surface area (Å²) < 4.78 is 10.4. The van der Waals surface area contributed by atoms with Gasteiger partial charge in [0.05, 0.1) is 19.1 Å². The van der Waals surface area contributed by atoms with Crippen LogP contribution in [0.5, 0.6) is 0 Å². The zero-order valence-electron chi connectivity index (χ0n) is 11.2. The summed E-state index contributed by atoms with van der Waals surface area (Å²) in [6.07, 6.45) is 5.07. The van der Waals surface area contributed by atoms with Crippen LogP contribution < -0.4 is 5.32 Å². The molecule has 0 amide bonds. The second-order valence-corrected chi connectivity index (χ2v) is 4.83. The molecule has 4 heteroatoms. The third-order valence-corrected chi connectivity index (χ3v) is 3.53. The molecule has 0 aromatic rings. The SMILES string of the molecule is COC(=O)C(C)C(C)NCCC1CCCCO1. The summed E-state index contributed by atoms with van der Waals surface area (Å²) in [6, 6.07) is 0.144. The number of rotatable bonds is 6. The van der Waals surface area contributed by atoms with Crippen molar-refractivity contribution < 1.29 is 14.3 Å². The Morgan fingerprint density at radius 1 is 1.47 bits per heavy atom. The van der Waals surface area contributed by atoms with Crippen molar-refractivity contribution >= 4 is 5.97 Å². The van der Waals surface area contributed by atoms with Gasteiger partial charge in [-0.25, -0.2) is 0 Å². The summed E-state index contributed by atoms with van der Waals surface area (Å²) in [5.41, 5.74) is 0. The maximum Gasteiger partial charge on any atom is 0.309 e. The molecule has 3 unspecified atom stereocenters. The van der Waals surface area contributed by atoms with Crippen LogP contribution in [-0.2, 0) is 14.3 Å². The second kappa shape index (κ2) is 7.67. The molecule has 0 aromatic carbocycles. The molecule has 4 nitrogen and oxygen atoms in total. The average molecular weight is 243 g/mol. The van der Waals surface area contributed by atoms with Crippen LogP contribution in [0.15, 0.2) is 0 Å². The minimum Gasteiger partial charge on any atom is -0.469 e. The molecule has 0 radical (unpaired) electrons. The third kappa shape index (κ3) is 5.04. The van der Waals surface area contributed by atoms with Crippen LogP contribution in [0, 0.1) is 5.92 Å². The molecule has 1 aliphatic heterocycles. The summed E-state index contributed by atoms with van der Waals surface area (Å²) in [6.45, 7) is 5.70. The van der Waals surface area contributed by atoms with Crippen LogP contribution in [-0.4, -0.2) is 38.4 Å². The Labute approximate surface area is 104 Å². The van der Waals surface area contributed by atoms with Gasteiger partial charge < -0.3 is 14.8 Å². The van der Waals surface area contributed by atoms with Crippen molar-refractivity contribution in [3.8, 4) is 0 Å². The van der Waals surface area contributed by atoms with Crippen molar-refractivity contribution in [2.45, 2.75) is 51.7 Å². The molecular weight excluding hydrogens is 218 g/mol. The molecule has 1 heterocycles. The zero-order chi connectivity index (χ0) is 12.7. The fourth-order valence-corrected chi connectivity index (χ4v) is 2.07. The summed E-state index contributed by atoms with van der Waals surface area (Å²) in [5, 5.41) is 3.36. The molecule has 100 valence electrons. The van der Waals surface area contributed by atoms with Crippen molar-refractivity contribution in [3.05, 3.63) is 0 Å². The van der Waals surface area contributed by atoms with E-state index in [-0.39, 0.29) is 17.9 Å². The van der Waals surface area contributed by atoms with Gasteiger partial charge in [0.25, 0.3) is 0 Å². The van der Waals surface area contributed by atoms with Crippen molar-refractivity contribution in [2.75, 3.05) is 20.3 Å². The molecule has 1 saturated heterocycles. The van der Waals surface area contributed by atoms with Crippen molar-refractivity contribution in [3.63, 3.8) is 0 Å². The number of hydrogen-bond acceptors (Lipinski definition) is 4. The van der Waals surface area contributed by atoms with Crippen molar-refractivity contribution in [2.24, 2.45) is 5.92 Å². The van der Waals surface area contributed by atoms with Crippen LogP contribution in [0.25, 0.3) is 0 Å². The first kappa shape index (κ1) is 14.5. The number of hydrogen-bond donors (Lipinski definition) is 1. The molecule has 0 bridgehead atoms. The highest BCUT2D eigenvalue weighted by atomic mass is 16.5. The smallest absolute Gasteiger partial charge is 0.309 e. The molecule has 17 heavy (non-hydrogen) atoms. The molecule has 1 fully saturated rings. The first-order valence-corrected chi connectivity index (χ1v) is 6.58. The molecule has 1 aliphatic rings. The molecule has 1 rings (SSSR count).